The Morgan fingerprint density at radius 2 is 1.19 bits per heavy atom. The van der Waals surface area contributed by atoms with Gasteiger partial charge in [0.05, 0.1) is 31.7 Å². The molecule has 4 aromatic rings. The highest BCUT2D eigenvalue weighted by molar-refractivity contribution is 7.88. The maximum absolute atomic E-state index is 13.3. The lowest BCUT2D eigenvalue weighted by atomic mass is 9.97. The molecule has 0 unspecified atom stereocenters. The average molecular weight is 516 g/mol. The van der Waals surface area contributed by atoms with Gasteiger partial charge in [-0.25, -0.2) is 17.8 Å². The minimum absolute atomic E-state index is 0.0404. The van der Waals surface area contributed by atoms with Crippen LogP contribution in [-0.4, -0.2) is 67.8 Å². The van der Waals surface area contributed by atoms with Crippen molar-refractivity contribution in [1.82, 2.24) is 34.3 Å². The lowest BCUT2D eigenvalue weighted by Crippen LogP contribution is -2.41. The molecule has 5 rings (SSSR count). The van der Waals surface area contributed by atoms with Gasteiger partial charge in [-0.2, -0.15) is 4.31 Å². The summed E-state index contributed by atoms with van der Waals surface area (Å²) in [6, 6.07) is 19.6. The molecule has 0 aliphatic carbocycles. The topological polar surface area (TPSA) is 116 Å². The molecule has 0 radical (unpaired) electrons. The van der Waals surface area contributed by atoms with Crippen LogP contribution in [0.2, 0.25) is 0 Å². The molecule has 0 N–H and O–H groups in total. The van der Waals surface area contributed by atoms with Crippen molar-refractivity contribution >= 4 is 28.0 Å². The summed E-state index contributed by atoms with van der Waals surface area (Å²) in [5.74, 6) is -0.255. The van der Waals surface area contributed by atoms with E-state index < -0.39 is 10.0 Å². The molecule has 0 spiro atoms. The van der Waals surface area contributed by atoms with Crippen LogP contribution in [0.1, 0.15) is 22.5 Å². The van der Waals surface area contributed by atoms with Crippen molar-refractivity contribution < 1.29 is 13.2 Å². The molecule has 1 saturated heterocycles. The minimum Gasteiger partial charge on any atom is -0.289 e. The zero-order valence-electron chi connectivity index (χ0n) is 20.2. The fraction of sp³-hybridized carbons (Fsp3) is 0.192. The molecule has 2 aromatic heterocycles. The molecule has 3 heterocycles. The van der Waals surface area contributed by atoms with E-state index in [1.54, 1.807) is 33.9 Å². The van der Waals surface area contributed by atoms with Crippen LogP contribution >= 0.6 is 0 Å². The smallest absolute Gasteiger partial charge is 0.211 e. The molecule has 188 valence electrons. The third-order valence-corrected chi connectivity index (χ3v) is 7.07. The van der Waals surface area contributed by atoms with Gasteiger partial charge in [0, 0.05) is 24.2 Å². The van der Waals surface area contributed by atoms with Crippen LogP contribution in [-0.2, 0) is 27.9 Å². The van der Waals surface area contributed by atoms with E-state index in [4.69, 9.17) is 0 Å². The van der Waals surface area contributed by atoms with E-state index in [9.17, 15) is 13.2 Å². The predicted molar refractivity (Wildman–Crippen MR) is 139 cm³/mol. The molecule has 1 aliphatic rings. The first kappa shape index (κ1) is 24.5. The van der Waals surface area contributed by atoms with Gasteiger partial charge in [0.1, 0.15) is 11.4 Å². The lowest BCUT2D eigenvalue weighted by Gasteiger charge is -2.27. The lowest BCUT2D eigenvalue weighted by molar-refractivity contribution is -0.113. The number of carbonyl (C=O) groups excluding carboxylic acids is 1. The molecule has 0 saturated carbocycles. The van der Waals surface area contributed by atoms with Gasteiger partial charge in [0.15, 0.2) is 5.78 Å². The minimum atomic E-state index is -3.55. The third-order valence-electron chi connectivity index (χ3n) is 5.88. The van der Waals surface area contributed by atoms with Gasteiger partial charge < -0.3 is 0 Å². The van der Waals surface area contributed by atoms with Gasteiger partial charge in [0.2, 0.25) is 10.0 Å². The molecule has 10 nitrogen and oxygen atoms in total. The quantitative estimate of drug-likeness (QED) is 0.347. The number of Topliss-reactive ketones (excluding diaryl/α,β-unsaturated/α-hetero) is 1. The van der Waals surface area contributed by atoms with Gasteiger partial charge in [-0.3, -0.25) is 4.79 Å². The van der Waals surface area contributed by atoms with Crippen molar-refractivity contribution in [2.45, 2.75) is 13.1 Å². The van der Waals surface area contributed by atoms with Crippen LogP contribution in [0.5, 0.6) is 0 Å². The van der Waals surface area contributed by atoms with Gasteiger partial charge >= 0.3 is 0 Å². The van der Waals surface area contributed by atoms with Gasteiger partial charge in [0.25, 0.3) is 0 Å². The first-order valence-electron chi connectivity index (χ1n) is 11.6. The summed E-state index contributed by atoms with van der Waals surface area (Å²) < 4.78 is 29.4. The van der Waals surface area contributed by atoms with Gasteiger partial charge in [-0.05, 0) is 23.3 Å². The Balaban J connectivity index is 1.39. The predicted octanol–water partition coefficient (Wildman–Crippen LogP) is 2.28. The van der Waals surface area contributed by atoms with E-state index in [2.05, 4.69) is 20.6 Å². The van der Waals surface area contributed by atoms with Crippen LogP contribution in [0.25, 0.3) is 12.2 Å². The van der Waals surface area contributed by atoms with Crippen molar-refractivity contribution in [3.8, 4) is 0 Å². The Hall–Kier alpha value is -4.22. The molecule has 2 aromatic carbocycles. The summed E-state index contributed by atoms with van der Waals surface area (Å²) in [6.45, 7) is 0.983. The fourth-order valence-corrected chi connectivity index (χ4v) is 4.80. The second-order valence-electron chi connectivity index (χ2n) is 8.85. The summed E-state index contributed by atoms with van der Waals surface area (Å²) in [7, 11) is -3.55. The standard InChI is InChI=1S/C26H25N7O3S/c1-37(35,36)33-16-22(12-24-18-31(29-27-24)14-20-8-4-2-5-9-20)26(34)23(17-33)13-25-19-32(30-28-25)15-21-10-6-3-7-11-21/h2-13,18-19H,14-17H2,1H3. The summed E-state index contributed by atoms with van der Waals surface area (Å²) in [5, 5.41) is 16.6. The fourth-order valence-electron chi connectivity index (χ4n) is 4.05. The van der Waals surface area contributed by atoms with Crippen molar-refractivity contribution in [1.29, 1.82) is 0 Å². The van der Waals surface area contributed by atoms with E-state index in [1.165, 1.54) is 4.31 Å². The average Bonchev–Trinajstić information content (AvgIpc) is 3.51. The number of ketones is 1. The summed E-state index contributed by atoms with van der Waals surface area (Å²) in [4.78, 5) is 13.3. The number of hydrogen-bond donors (Lipinski definition) is 0. The Morgan fingerprint density at radius 3 is 1.59 bits per heavy atom. The number of carbonyl (C=O) groups is 1. The molecular formula is C26H25N7O3S. The molecule has 0 bridgehead atoms. The zero-order chi connectivity index (χ0) is 25.8. The molecular weight excluding hydrogens is 490 g/mol. The molecule has 11 heteroatoms. The number of piperidine rings is 1. The zero-order valence-corrected chi connectivity index (χ0v) is 21.0. The largest absolute Gasteiger partial charge is 0.289 e. The van der Waals surface area contributed by atoms with Crippen LogP contribution in [0.15, 0.2) is 84.2 Å². The molecule has 1 aliphatic heterocycles. The van der Waals surface area contributed by atoms with Crippen LogP contribution in [0.4, 0.5) is 0 Å². The molecule has 1 fully saturated rings. The Morgan fingerprint density at radius 1 is 0.757 bits per heavy atom. The van der Waals surface area contributed by atoms with E-state index in [0.29, 0.717) is 35.6 Å². The molecule has 0 amide bonds. The Bertz CT molecular complexity index is 1470. The maximum Gasteiger partial charge on any atom is 0.211 e. The summed E-state index contributed by atoms with van der Waals surface area (Å²) >= 11 is 0. The summed E-state index contributed by atoms with van der Waals surface area (Å²) in [6.07, 6.45) is 7.77. The summed E-state index contributed by atoms with van der Waals surface area (Å²) in [5.41, 5.74) is 3.70. The highest BCUT2D eigenvalue weighted by Gasteiger charge is 2.31. The van der Waals surface area contributed by atoms with E-state index in [-0.39, 0.29) is 18.9 Å². The van der Waals surface area contributed by atoms with Crippen LogP contribution in [0, 0.1) is 0 Å². The number of sulfonamides is 1. The maximum atomic E-state index is 13.3. The van der Waals surface area contributed by atoms with Crippen LogP contribution in [0.3, 0.4) is 0 Å². The normalized spacial score (nSPS) is 17.1. The number of nitrogens with zero attached hydrogens (tertiary/aromatic N) is 7. The third kappa shape index (κ3) is 6.13. The van der Waals surface area contributed by atoms with Gasteiger partial charge in [-0.15, -0.1) is 10.2 Å². The number of aromatic nitrogens is 6. The number of hydrogen-bond acceptors (Lipinski definition) is 7. The highest BCUT2D eigenvalue weighted by Crippen LogP contribution is 2.23. The number of benzene rings is 2. The van der Waals surface area contributed by atoms with E-state index in [0.717, 1.165) is 17.4 Å². The molecule has 37 heavy (non-hydrogen) atoms. The number of rotatable bonds is 7. The Kier molecular flexibility index (Phi) is 6.89. The first-order valence-corrected chi connectivity index (χ1v) is 13.5. The van der Waals surface area contributed by atoms with E-state index in [1.807, 2.05) is 60.7 Å². The van der Waals surface area contributed by atoms with Gasteiger partial charge in [-0.1, -0.05) is 71.1 Å². The van der Waals surface area contributed by atoms with Crippen molar-refractivity contribution in [3.05, 3.63) is 107 Å². The van der Waals surface area contributed by atoms with Crippen molar-refractivity contribution in [3.63, 3.8) is 0 Å². The highest BCUT2D eigenvalue weighted by atomic mass is 32.2. The Labute approximate surface area is 214 Å². The monoisotopic (exact) mass is 515 g/mol. The second-order valence-corrected chi connectivity index (χ2v) is 10.8. The second kappa shape index (κ2) is 10.4. The first-order chi connectivity index (χ1) is 17.8. The molecule has 0 atom stereocenters. The van der Waals surface area contributed by atoms with Crippen molar-refractivity contribution in [2.75, 3.05) is 19.3 Å². The van der Waals surface area contributed by atoms with E-state index >= 15 is 0 Å². The van der Waals surface area contributed by atoms with Crippen LogP contribution < -0.4 is 0 Å². The van der Waals surface area contributed by atoms with Crippen molar-refractivity contribution in [2.24, 2.45) is 0 Å². The SMILES string of the molecule is CS(=O)(=O)N1CC(=Cc2cn(Cc3ccccc3)nn2)C(=O)C(=Cc2cn(Cc3ccccc3)nn2)C1.